The van der Waals surface area contributed by atoms with E-state index in [-0.39, 0.29) is 12.1 Å². The lowest BCUT2D eigenvalue weighted by atomic mass is 10.2. The van der Waals surface area contributed by atoms with Crippen molar-refractivity contribution in [3.63, 3.8) is 0 Å². The average Bonchev–Trinajstić information content (AvgIpc) is 3.23. The Morgan fingerprint density at radius 2 is 2.04 bits per heavy atom. The zero-order valence-electron chi connectivity index (χ0n) is 12.8. The Kier molecular flexibility index (Phi) is 3.90. The number of H-pyrrole nitrogens is 1. The van der Waals surface area contributed by atoms with Gasteiger partial charge >= 0.3 is 0 Å². The molecule has 0 amide bonds. The van der Waals surface area contributed by atoms with E-state index >= 15 is 0 Å². The molecule has 6 nitrogen and oxygen atoms in total. The lowest BCUT2D eigenvalue weighted by Crippen LogP contribution is -2.31. The van der Waals surface area contributed by atoms with Crippen LogP contribution in [0, 0.1) is 0 Å². The number of imidazole rings is 1. The molecule has 1 aliphatic rings. The van der Waals surface area contributed by atoms with Crippen molar-refractivity contribution in [1.29, 1.82) is 0 Å². The zero-order chi connectivity index (χ0) is 15.5. The third-order valence-corrected chi connectivity index (χ3v) is 4.30. The summed E-state index contributed by atoms with van der Waals surface area (Å²) in [6.07, 6.45) is 6.70. The molecule has 0 unspecified atom stereocenters. The van der Waals surface area contributed by atoms with Crippen molar-refractivity contribution in [1.82, 2.24) is 19.9 Å². The molecule has 23 heavy (non-hydrogen) atoms. The number of benzene rings is 1. The topological polar surface area (TPSA) is 75.7 Å². The Balaban J connectivity index is 1.44. The second kappa shape index (κ2) is 6.34. The molecule has 0 saturated heterocycles. The Morgan fingerprint density at radius 3 is 2.96 bits per heavy atom. The second-order valence-electron chi connectivity index (χ2n) is 5.84. The first-order valence-corrected chi connectivity index (χ1v) is 7.96. The number of anilines is 1. The first-order valence-electron chi connectivity index (χ1n) is 7.96. The second-order valence-corrected chi connectivity index (χ2v) is 5.84. The molecule has 2 atom stereocenters. The summed E-state index contributed by atoms with van der Waals surface area (Å²) in [5.74, 6) is 0.799. The minimum atomic E-state index is 0.197. The maximum absolute atomic E-state index is 6.14. The molecule has 1 saturated carbocycles. The fourth-order valence-corrected chi connectivity index (χ4v) is 3.12. The van der Waals surface area contributed by atoms with Gasteiger partial charge in [0, 0.05) is 0 Å². The van der Waals surface area contributed by atoms with Crippen LogP contribution in [0.2, 0.25) is 0 Å². The molecule has 1 fully saturated rings. The highest BCUT2D eigenvalue weighted by Gasteiger charge is 2.28. The van der Waals surface area contributed by atoms with Crippen LogP contribution in [-0.4, -0.2) is 32.1 Å². The SMILES string of the molecule is c1ccc(CO[C@@H]2CCC[C@H]2Nc2ncnc3nc[nH]c23)cc1. The van der Waals surface area contributed by atoms with Gasteiger partial charge in [-0.25, -0.2) is 15.0 Å². The van der Waals surface area contributed by atoms with E-state index in [2.05, 4.69) is 37.4 Å². The van der Waals surface area contributed by atoms with Gasteiger partial charge in [0.25, 0.3) is 0 Å². The molecule has 0 spiro atoms. The summed E-state index contributed by atoms with van der Waals surface area (Å²) in [6.45, 7) is 0.646. The minimum absolute atomic E-state index is 0.197. The summed E-state index contributed by atoms with van der Waals surface area (Å²) in [5.41, 5.74) is 2.74. The number of aromatic nitrogens is 4. The first kappa shape index (κ1) is 14.1. The van der Waals surface area contributed by atoms with Gasteiger partial charge in [-0.15, -0.1) is 0 Å². The first-order chi connectivity index (χ1) is 11.4. The van der Waals surface area contributed by atoms with Crippen molar-refractivity contribution in [3.8, 4) is 0 Å². The van der Waals surface area contributed by atoms with E-state index in [1.54, 1.807) is 12.7 Å². The van der Waals surface area contributed by atoms with Gasteiger partial charge in [-0.3, -0.25) is 0 Å². The van der Waals surface area contributed by atoms with Gasteiger partial charge < -0.3 is 15.0 Å². The molecule has 3 aromatic rings. The highest BCUT2D eigenvalue weighted by molar-refractivity contribution is 5.82. The molecule has 1 aromatic carbocycles. The Hall–Kier alpha value is -2.47. The average molecular weight is 309 g/mol. The molecule has 0 bridgehead atoms. The quantitative estimate of drug-likeness (QED) is 0.758. The fourth-order valence-electron chi connectivity index (χ4n) is 3.12. The number of rotatable bonds is 5. The fraction of sp³-hybridized carbons (Fsp3) is 0.353. The van der Waals surface area contributed by atoms with Gasteiger partial charge in [0.2, 0.25) is 0 Å². The predicted molar refractivity (Wildman–Crippen MR) is 88.0 cm³/mol. The Labute approximate surface area is 134 Å². The van der Waals surface area contributed by atoms with Crippen LogP contribution in [0.25, 0.3) is 11.2 Å². The molecular formula is C17H19N5O. The molecule has 6 heteroatoms. The Bertz CT molecular complexity index is 773. The van der Waals surface area contributed by atoms with Crippen LogP contribution in [0.4, 0.5) is 5.82 Å². The van der Waals surface area contributed by atoms with E-state index in [1.165, 1.54) is 5.56 Å². The summed E-state index contributed by atoms with van der Waals surface area (Å²) < 4.78 is 6.14. The van der Waals surface area contributed by atoms with Gasteiger partial charge in [-0.05, 0) is 24.8 Å². The standard InChI is InChI=1S/C17H19N5O/c1-2-5-12(6-3-1)9-23-14-8-4-7-13(14)22-17-15-16(19-10-18-15)20-11-21-17/h1-3,5-6,10-11,13-14H,4,7-9H2,(H2,18,19,20,21,22)/t13-,14-/m1/s1. The summed E-state index contributed by atoms with van der Waals surface area (Å²) in [4.78, 5) is 15.8. The lowest BCUT2D eigenvalue weighted by molar-refractivity contribution is 0.0394. The van der Waals surface area contributed by atoms with Crippen molar-refractivity contribution in [2.75, 3.05) is 5.32 Å². The molecular weight excluding hydrogens is 290 g/mol. The van der Waals surface area contributed by atoms with E-state index in [0.29, 0.717) is 12.3 Å². The molecule has 4 rings (SSSR count). The van der Waals surface area contributed by atoms with Crippen molar-refractivity contribution in [2.24, 2.45) is 0 Å². The summed E-state index contributed by atoms with van der Waals surface area (Å²) in [5, 5.41) is 3.51. The number of aromatic amines is 1. The highest BCUT2D eigenvalue weighted by atomic mass is 16.5. The third-order valence-electron chi connectivity index (χ3n) is 4.30. The highest BCUT2D eigenvalue weighted by Crippen LogP contribution is 2.27. The number of fused-ring (bicyclic) bond motifs is 1. The van der Waals surface area contributed by atoms with E-state index in [1.807, 2.05) is 18.2 Å². The molecule has 1 aliphatic carbocycles. The molecule has 0 radical (unpaired) electrons. The van der Waals surface area contributed by atoms with E-state index in [9.17, 15) is 0 Å². The molecule has 118 valence electrons. The van der Waals surface area contributed by atoms with Crippen LogP contribution in [0.1, 0.15) is 24.8 Å². The van der Waals surface area contributed by atoms with Crippen LogP contribution in [0.15, 0.2) is 43.0 Å². The maximum atomic E-state index is 6.14. The van der Waals surface area contributed by atoms with Crippen LogP contribution < -0.4 is 5.32 Å². The van der Waals surface area contributed by atoms with Crippen LogP contribution in [0.5, 0.6) is 0 Å². The van der Waals surface area contributed by atoms with Crippen LogP contribution in [0.3, 0.4) is 0 Å². The predicted octanol–water partition coefficient (Wildman–Crippen LogP) is 2.90. The van der Waals surface area contributed by atoms with E-state index in [0.717, 1.165) is 30.6 Å². The van der Waals surface area contributed by atoms with Gasteiger partial charge in [0.15, 0.2) is 11.5 Å². The minimum Gasteiger partial charge on any atom is -0.371 e. The van der Waals surface area contributed by atoms with Crippen molar-refractivity contribution >= 4 is 17.0 Å². The largest absolute Gasteiger partial charge is 0.371 e. The van der Waals surface area contributed by atoms with Crippen molar-refractivity contribution in [3.05, 3.63) is 48.5 Å². The zero-order valence-corrected chi connectivity index (χ0v) is 12.8. The number of hydrogen-bond acceptors (Lipinski definition) is 5. The van der Waals surface area contributed by atoms with Gasteiger partial charge in [0.05, 0.1) is 25.1 Å². The van der Waals surface area contributed by atoms with Crippen molar-refractivity contribution < 1.29 is 4.74 Å². The monoisotopic (exact) mass is 309 g/mol. The van der Waals surface area contributed by atoms with Crippen LogP contribution >= 0.6 is 0 Å². The van der Waals surface area contributed by atoms with E-state index < -0.39 is 0 Å². The molecule has 2 aromatic heterocycles. The number of hydrogen-bond donors (Lipinski definition) is 2. The smallest absolute Gasteiger partial charge is 0.182 e. The Morgan fingerprint density at radius 1 is 1.13 bits per heavy atom. The van der Waals surface area contributed by atoms with Gasteiger partial charge in [-0.1, -0.05) is 30.3 Å². The molecule has 2 N–H and O–H groups in total. The lowest BCUT2D eigenvalue weighted by Gasteiger charge is -2.22. The van der Waals surface area contributed by atoms with Gasteiger partial charge in [0.1, 0.15) is 11.8 Å². The summed E-state index contributed by atoms with van der Waals surface area (Å²) in [6, 6.07) is 10.6. The van der Waals surface area contributed by atoms with Crippen LogP contribution in [-0.2, 0) is 11.3 Å². The third kappa shape index (κ3) is 3.03. The normalized spacial score (nSPS) is 20.9. The summed E-state index contributed by atoms with van der Waals surface area (Å²) in [7, 11) is 0. The number of nitrogens with zero attached hydrogens (tertiary/aromatic N) is 3. The molecule has 2 heterocycles. The molecule has 0 aliphatic heterocycles. The maximum Gasteiger partial charge on any atom is 0.182 e. The number of nitrogens with one attached hydrogen (secondary N) is 2. The van der Waals surface area contributed by atoms with Gasteiger partial charge in [-0.2, -0.15) is 0 Å². The van der Waals surface area contributed by atoms with E-state index in [4.69, 9.17) is 4.74 Å². The van der Waals surface area contributed by atoms with Crippen molar-refractivity contribution in [2.45, 2.75) is 38.0 Å². The number of ether oxygens (including phenoxy) is 1. The summed E-state index contributed by atoms with van der Waals surface area (Å²) >= 11 is 0.